The molecule has 2 fully saturated rings. The lowest BCUT2D eigenvalue weighted by molar-refractivity contribution is 0.148. The van der Waals surface area contributed by atoms with E-state index in [4.69, 9.17) is 0 Å². The first-order valence-electron chi connectivity index (χ1n) is 11.8. The zero-order valence-electron chi connectivity index (χ0n) is 19.8. The summed E-state index contributed by atoms with van der Waals surface area (Å²) < 4.78 is 0. The number of nitrogens with zero attached hydrogens (tertiary/aromatic N) is 4. The number of halogens is 1. The number of piperazine rings is 1. The maximum atomic E-state index is 4.37. The van der Waals surface area contributed by atoms with Crippen LogP contribution in [0.4, 0.5) is 0 Å². The van der Waals surface area contributed by atoms with Crippen molar-refractivity contribution in [1.82, 2.24) is 25.3 Å². The summed E-state index contributed by atoms with van der Waals surface area (Å²) in [6, 6.07) is 9.02. The molecule has 2 saturated heterocycles. The minimum Gasteiger partial charge on any atom is -0.356 e. The summed E-state index contributed by atoms with van der Waals surface area (Å²) in [6.45, 7) is 13.6. The molecule has 0 aliphatic carbocycles. The van der Waals surface area contributed by atoms with E-state index in [9.17, 15) is 0 Å². The van der Waals surface area contributed by atoms with Crippen molar-refractivity contribution in [3.8, 4) is 0 Å². The molecule has 2 heterocycles. The van der Waals surface area contributed by atoms with Crippen LogP contribution in [0.25, 0.3) is 0 Å². The minimum atomic E-state index is 0. The lowest BCUT2D eigenvalue weighted by Crippen LogP contribution is -2.43. The number of benzene rings is 1. The number of piperidine rings is 1. The van der Waals surface area contributed by atoms with E-state index in [1.165, 1.54) is 69.8 Å². The molecule has 0 radical (unpaired) electrons. The van der Waals surface area contributed by atoms with Crippen LogP contribution in [0, 0.1) is 5.92 Å². The minimum absolute atomic E-state index is 0. The first-order valence-corrected chi connectivity index (χ1v) is 11.8. The van der Waals surface area contributed by atoms with Crippen LogP contribution in [-0.2, 0) is 13.1 Å². The second-order valence-corrected chi connectivity index (χ2v) is 9.13. The molecule has 2 aliphatic rings. The van der Waals surface area contributed by atoms with E-state index in [1.54, 1.807) is 0 Å². The van der Waals surface area contributed by atoms with Gasteiger partial charge in [-0.2, -0.15) is 0 Å². The summed E-state index contributed by atoms with van der Waals surface area (Å²) in [5, 5.41) is 6.90. The van der Waals surface area contributed by atoms with Crippen LogP contribution in [0.5, 0.6) is 0 Å². The molecular formula is C24H43IN6. The maximum absolute atomic E-state index is 4.37. The van der Waals surface area contributed by atoms with Crippen LogP contribution in [0.1, 0.15) is 37.3 Å². The summed E-state index contributed by atoms with van der Waals surface area (Å²) >= 11 is 0. The maximum Gasteiger partial charge on any atom is 0.191 e. The second kappa shape index (κ2) is 14.3. The zero-order valence-corrected chi connectivity index (χ0v) is 22.1. The third kappa shape index (κ3) is 9.63. The van der Waals surface area contributed by atoms with Crippen molar-refractivity contribution in [3.05, 3.63) is 35.4 Å². The van der Waals surface area contributed by atoms with Gasteiger partial charge < -0.3 is 20.4 Å². The van der Waals surface area contributed by atoms with E-state index in [1.807, 2.05) is 7.05 Å². The standard InChI is InChI=1S/C24H42N6.HI/c1-21-9-13-29(14-10-21)12-4-11-26-24(25-2)27-19-22-5-7-23(8-6-22)20-30-17-15-28(3)16-18-30;/h5-8,21H,4,9-20H2,1-3H3,(H2,25,26,27);1H. The Morgan fingerprint density at radius 2 is 1.58 bits per heavy atom. The highest BCUT2D eigenvalue weighted by molar-refractivity contribution is 14.0. The van der Waals surface area contributed by atoms with Gasteiger partial charge in [-0.25, -0.2) is 0 Å². The predicted molar refractivity (Wildman–Crippen MR) is 142 cm³/mol. The lowest BCUT2D eigenvalue weighted by atomic mass is 9.99. The fourth-order valence-corrected chi connectivity index (χ4v) is 4.23. The summed E-state index contributed by atoms with van der Waals surface area (Å²) in [6.07, 6.45) is 3.87. The molecule has 0 aromatic heterocycles. The van der Waals surface area contributed by atoms with Gasteiger partial charge in [0.25, 0.3) is 0 Å². The van der Waals surface area contributed by atoms with Gasteiger partial charge in [0.1, 0.15) is 0 Å². The smallest absolute Gasteiger partial charge is 0.191 e. The van der Waals surface area contributed by atoms with Gasteiger partial charge in [0.05, 0.1) is 0 Å². The number of nitrogens with one attached hydrogen (secondary N) is 2. The van der Waals surface area contributed by atoms with Crippen molar-refractivity contribution < 1.29 is 0 Å². The Morgan fingerprint density at radius 3 is 2.23 bits per heavy atom. The number of hydrogen-bond acceptors (Lipinski definition) is 4. The van der Waals surface area contributed by atoms with E-state index >= 15 is 0 Å². The van der Waals surface area contributed by atoms with Crippen LogP contribution in [0.2, 0.25) is 0 Å². The molecule has 0 amide bonds. The normalized spacial score (nSPS) is 19.8. The average molecular weight is 543 g/mol. The monoisotopic (exact) mass is 542 g/mol. The second-order valence-electron chi connectivity index (χ2n) is 9.13. The quantitative estimate of drug-likeness (QED) is 0.229. The van der Waals surface area contributed by atoms with Crippen molar-refractivity contribution >= 4 is 29.9 Å². The first kappa shape index (κ1) is 26.4. The van der Waals surface area contributed by atoms with E-state index in [0.717, 1.165) is 37.9 Å². The van der Waals surface area contributed by atoms with Crippen LogP contribution < -0.4 is 10.6 Å². The highest BCUT2D eigenvalue weighted by atomic mass is 127. The first-order chi connectivity index (χ1) is 14.6. The van der Waals surface area contributed by atoms with Crippen molar-refractivity contribution in [3.63, 3.8) is 0 Å². The summed E-state index contributed by atoms with van der Waals surface area (Å²) in [5.74, 6) is 1.80. The van der Waals surface area contributed by atoms with Gasteiger partial charge in [0.15, 0.2) is 5.96 Å². The van der Waals surface area contributed by atoms with Gasteiger partial charge in [-0.05, 0) is 63.0 Å². The highest BCUT2D eigenvalue weighted by Crippen LogP contribution is 2.15. The molecule has 0 unspecified atom stereocenters. The van der Waals surface area contributed by atoms with Gasteiger partial charge in [0, 0.05) is 52.9 Å². The van der Waals surface area contributed by atoms with E-state index < -0.39 is 0 Å². The Kier molecular flexibility index (Phi) is 12.1. The molecule has 7 heteroatoms. The third-order valence-electron chi connectivity index (χ3n) is 6.53. The van der Waals surface area contributed by atoms with Crippen molar-refractivity contribution in [2.45, 2.75) is 39.3 Å². The topological polar surface area (TPSA) is 46.1 Å². The fourth-order valence-electron chi connectivity index (χ4n) is 4.23. The fraction of sp³-hybridized carbons (Fsp3) is 0.708. The largest absolute Gasteiger partial charge is 0.356 e. The number of guanidine groups is 1. The van der Waals surface area contributed by atoms with Crippen LogP contribution >= 0.6 is 24.0 Å². The molecule has 0 atom stereocenters. The summed E-state index contributed by atoms with van der Waals surface area (Å²) in [5.41, 5.74) is 2.69. The summed E-state index contributed by atoms with van der Waals surface area (Å²) in [4.78, 5) is 11.9. The Morgan fingerprint density at radius 1 is 0.935 bits per heavy atom. The molecule has 2 aliphatic heterocycles. The lowest BCUT2D eigenvalue weighted by Gasteiger charge is -2.32. The SMILES string of the molecule is CN=C(NCCCN1CCC(C)CC1)NCc1ccc(CN2CCN(C)CC2)cc1.I. The molecule has 31 heavy (non-hydrogen) atoms. The van der Waals surface area contributed by atoms with Crippen molar-refractivity contribution in [2.75, 3.05) is 66.5 Å². The van der Waals surface area contributed by atoms with Crippen molar-refractivity contribution in [2.24, 2.45) is 10.9 Å². The van der Waals surface area contributed by atoms with Crippen LogP contribution in [0.15, 0.2) is 29.3 Å². The Balaban J connectivity index is 0.00000341. The van der Waals surface area contributed by atoms with Gasteiger partial charge in [-0.1, -0.05) is 31.2 Å². The van der Waals surface area contributed by atoms with Crippen molar-refractivity contribution in [1.29, 1.82) is 0 Å². The number of rotatable bonds is 8. The van der Waals surface area contributed by atoms with E-state index in [-0.39, 0.29) is 24.0 Å². The molecule has 0 saturated carbocycles. The van der Waals surface area contributed by atoms with Gasteiger partial charge in [-0.3, -0.25) is 9.89 Å². The van der Waals surface area contributed by atoms with Gasteiger partial charge in [0.2, 0.25) is 0 Å². The molecule has 1 aromatic carbocycles. The van der Waals surface area contributed by atoms with E-state index in [0.29, 0.717) is 0 Å². The number of aliphatic imine (C=N–C) groups is 1. The molecule has 0 bridgehead atoms. The number of likely N-dealkylation sites (tertiary alicyclic amines) is 1. The van der Waals surface area contributed by atoms with Crippen LogP contribution in [0.3, 0.4) is 0 Å². The molecule has 6 nitrogen and oxygen atoms in total. The van der Waals surface area contributed by atoms with Crippen LogP contribution in [-0.4, -0.2) is 87.1 Å². The van der Waals surface area contributed by atoms with Gasteiger partial charge in [-0.15, -0.1) is 24.0 Å². The average Bonchev–Trinajstić information content (AvgIpc) is 2.77. The highest BCUT2D eigenvalue weighted by Gasteiger charge is 2.15. The Bertz CT molecular complexity index is 634. The Labute approximate surface area is 206 Å². The summed E-state index contributed by atoms with van der Waals surface area (Å²) in [7, 11) is 4.05. The molecule has 176 valence electrons. The van der Waals surface area contributed by atoms with Gasteiger partial charge >= 0.3 is 0 Å². The molecule has 2 N–H and O–H groups in total. The molecule has 3 rings (SSSR count). The van der Waals surface area contributed by atoms with E-state index in [2.05, 4.69) is 68.6 Å². The number of likely N-dealkylation sites (N-methyl/N-ethyl adjacent to an activating group) is 1. The molecular weight excluding hydrogens is 499 g/mol. The Hall–Kier alpha value is -0.900. The zero-order chi connectivity index (χ0) is 21.2. The number of hydrogen-bond donors (Lipinski definition) is 2. The predicted octanol–water partition coefficient (Wildman–Crippen LogP) is 2.84. The third-order valence-corrected chi connectivity index (χ3v) is 6.53. The molecule has 0 spiro atoms. The molecule has 1 aromatic rings.